The smallest absolute Gasteiger partial charge is 0.239 e. The largest absolute Gasteiger partial charge is 0.325 e. The van der Waals surface area contributed by atoms with Crippen LogP contribution < -0.4 is 5.32 Å². The van der Waals surface area contributed by atoms with Crippen LogP contribution in [0.15, 0.2) is 24.3 Å². The molecule has 0 aliphatic heterocycles. The number of nitrogens with one attached hydrogen (secondary N) is 1. The number of benzene rings is 1. The fourth-order valence-electron chi connectivity index (χ4n) is 2.75. The molecule has 1 fully saturated rings. The molecule has 0 bridgehead atoms. The molecule has 1 aliphatic carbocycles. The molecule has 1 saturated carbocycles. The lowest BCUT2D eigenvalue weighted by molar-refractivity contribution is -0.116. The number of sulfonamides is 1. The molecule has 1 amide bonds. The van der Waals surface area contributed by atoms with E-state index in [-0.39, 0.29) is 18.5 Å². The third-order valence-corrected chi connectivity index (χ3v) is 5.16. The second-order valence-electron chi connectivity index (χ2n) is 5.61. The average Bonchev–Trinajstić information content (AvgIpc) is 2.91. The molecule has 1 aliphatic rings. The van der Waals surface area contributed by atoms with Gasteiger partial charge in [0.1, 0.15) is 0 Å². The summed E-state index contributed by atoms with van der Waals surface area (Å²) >= 11 is 0. The zero-order valence-corrected chi connectivity index (χ0v) is 13.3. The lowest BCUT2D eigenvalue weighted by atomic mass is 10.2. The number of aryl methyl sites for hydroxylation is 1. The molecule has 0 spiro atoms. The summed E-state index contributed by atoms with van der Waals surface area (Å²) in [7, 11) is -3.37. The summed E-state index contributed by atoms with van der Waals surface area (Å²) in [6, 6.07) is 7.41. The molecule has 1 N–H and O–H groups in total. The van der Waals surface area contributed by atoms with Gasteiger partial charge in [-0.25, -0.2) is 8.42 Å². The Bertz CT molecular complexity index is 607. The van der Waals surface area contributed by atoms with Crippen LogP contribution in [-0.2, 0) is 14.8 Å². The van der Waals surface area contributed by atoms with Crippen molar-refractivity contribution in [3.63, 3.8) is 0 Å². The van der Waals surface area contributed by atoms with E-state index >= 15 is 0 Å². The number of para-hydroxylation sites is 1. The van der Waals surface area contributed by atoms with Gasteiger partial charge in [-0.2, -0.15) is 4.31 Å². The van der Waals surface area contributed by atoms with E-state index in [1.165, 1.54) is 10.6 Å². The van der Waals surface area contributed by atoms with Crippen LogP contribution in [0.1, 0.15) is 31.2 Å². The Balaban J connectivity index is 2.06. The molecule has 21 heavy (non-hydrogen) atoms. The van der Waals surface area contributed by atoms with Crippen molar-refractivity contribution in [2.45, 2.75) is 38.6 Å². The highest BCUT2D eigenvalue weighted by atomic mass is 32.2. The maximum absolute atomic E-state index is 12.2. The summed E-state index contributed by atoms with van der Waals surface area (Å²) in [5, 5.41) is 2.79. The summed E-state index contributed by atoms with van der Waals surface area (Å²) in [5.74, 6) is -0.290. The highest BCUT2D eigenvalue weighted by Gasteiger charge is 2.30. The first kappa shape index (κ1) is 16.0. The number of rotatable bonds is 5. The van der Waals surface area contributed by atoms with Crippen LogP contribution in [-0.4, -0.2) is 37.5 Å². The number of amides is 1. The monoisotopic (exact) mass is 310 g/mol. The zero-order valence-electron chi connectivity index (χ0n) is 12.5. The Morgan fingerprint density at radius 3 is 2.48 bits per heavy atom. The van der Waals surface area contributed by atoms with Gasteiger partial charge in [0.25, 0.3) is 0 Å². The van der Waals surface area contributed by atoms with Crippen LogP contribution >= 0.6 is 0 Å². The van der Waals surface area contributed by atoms with Gasteiger partial charge in [-0.1, -0.05) is 31.0 Å². The van der Waals surface area contributed by atoms with Crippen LogP contribution in [0.2, 0.25) is 0 Å². The van der Waals surface area contributed by atoms with Gasteiger partial charge in [0.15, 0.2) is 0 Å². The van der Waals surface area contributed by atoms with Gasteiger partial charge in [0.2, 0.25) is 15.9 Å². The van der Waals surface area contributed by atoms with E-state index in [1.54, 1.807) is 0 Å². The highest BCUT2D eigenvalue weighted by Crippen LogP contribution is 2.25. The first-order valence-electron chi connectivity index (χ1n) is 7.20. The van der Waals surface area contributed by atoms with Crippen molar-refractivity contribution in [1.29, 1.82) is 0 Å². The SMILES string of the molecule is Cc1ccccc1NC(=O)CN(C1CCCC1)S(C)(=O)=O. The number of hydrogen-bond donors (Lipinski definition) is 1. The third-order valence-electron chi connectivity index (χ3n) is 3.88. The van der Waals surface area contributed by atoms with Gasteiger partial charge in [-0.05, 0) is 31.4 Å². The second-order valence-corrected chi connectivity index (χ2v) is 7.54. The number of hydrogen-bond acceptors (Lipinski definition) is 3. The topological polar surface area (TPSA) is 66.5 Å². The summed E-state index contributed by atoms with van der Waals surface area (Å²) < 4.78 is 25.2. The van der Waals surface area contributed by atoms with Gasteiger partial charge in [0, 0.05) is 11.7 Å². The van der Waals surface area contributed by atoms with Gasteiger partial charge >= 0.3 is 0 Å². The first-order chi connectivity index (χ1) is 9.88. The summed E-state index contributed by atoms with van der Waals surface area (Å²) in [4.78, 5) is 12.2. The van der Waals surface area contributed by atoms with Gasteiger partial charge in [-0.15, -0.1) is 0 Å². The maximum Gasteiger partial charge on any atom is 0.239 e. The van der Waals surface area contributed by atoms with E-state index in [4.69, 9.17) is 0 Å². The highest BCUT2D eigenvalue weighted by molar-refractivity contribution is 7.88. The molecule has 116 valence electrons. The number of nitrogens with zero attached hydrogens (tertiary/aromatic N) is 1. The van der Waals surface area contributed by atoms with Crippen LogP contribution in [0, 0.1) is 6.92 Å². The fraction of sp³-hybridized carbons (Fsp3) is 0.533. The number of anilines is 1. The molecule has 5 nitrogen and oxygen atoms in total. The molecule has 0 aromatic heterocycles. The van der Waals surface area contributed by atoms with Gasteiger partial charge in [0.05, 0.1) is 12.8 Å². The minimum Gasteiger partial charge on any atom is -0.325 e. The standard InChI is InChI=1S/C15H22N2O3S/c1-12-7-3-6-10-14(12)16-15(18)11-17(21(2,19)20)13-8-4-5-9-13/h3,6-7,10,13H,4-5,8-9,11H2,1-2H3,(H,16,18). The van der Waals surface area contributed by atoms with Crippen molar-refractivity contribution in [3.8, 4) is 0 Å². The molecule has 0 unspecified atom stereocenters. The molecule has 1 aromatic rings. The van der Waals surface area contributed by atoms with Crippen LogP contribution in [0.5, 0.6) is 0 Å². The van der Waals surface area contributed by atoms with Gasteiger partial charge in [-0.3, -0.25) is 4.79 Å². The Hall–Kier alpha value is -1.40. The lowest BCUT2D eigenvalue weighted by Gasteiger charge is -2.25. The molecule has 0 heterocycles. The normalized spacial score (nSPS) is 16.3. The summed E-state index contributed by atoms with van der Waals surface area (Å²) in [6.07, 6.45) is 4.90. The van der Waals surface area contributed by atoms with Crippen LogP contribution in [0.3, 0.4) is 0 Å². The van der Waals surface area contributed by atoms with Gasteiger partial charge < -0.3 is 5.32 Å². The Kier molecular flexibility index (Phi) is 5.00. The predicted molar refractivity (Wildman–Crippen MR) is 83.6 cm³/mol. The maximum atomic E-state index is 12.2. The fourth-order valence-corrected chi connectivity index (χ4v) is 3.86. The van der Waals surface area contributed by atoms with Crippen molar-refractivity contribution in [3.05, 3.63) is 29.8 Å². The Morgan fingerprint density at radius 2 is 1.90 bits per heavy atom. The van der Waals surface area contributed by atoms with E-state index in [9.17, 15) is 13.2 Å². The summed E-state index contributed by atoms with van der Waals surface area (Å²) in [6.45, 7) is 1.79. The first-order valence-corrected chi connectivity index (χ1v) is 9.05. The van der Waals surface area contributed by atoms with E-state index in [1.807, 2.05) is 31.2 Å². The van der Waals surface area contributed by atoms with Crippen molar-refractivity contribution < 1.29 is 13.2 Å². The van der Waals surface area contributed by atoms with Crippen LogP contribution in [0.4, 0.5) is 5.69 Å². The molecule has 0 atom stereocenters. The average molecular weight is 310 g/mol. The Labute approximate surface area is 126 Å². The molecule has 1 aromatic carbocycles. The lowest BCUT2D eigenvalue weighted by Crippen LogP contribution is -2.43. The van der Waals surface area contributed by atoms with E-state index in [0.717, 1.165) is 36.9 Å². The second kappa shape index (κ2) is 6.58. The molecule has 0 radical (unpaired) electrons. The zero-order chi connectivity index (χ0) is 15.5. The number of carbonyl (C=O) groups is 1. The minimum absolute atomic E-state index is 0.0392. The van der Waals surface area contributed by atoms with Crippen molar-refractivity contribution in [2.75, 3.05) is 18.1 Å². The molecule has 0 saturated heterocycles. The van der Waals surface area contributed by atoms with E-state index in [2.05, 4.69) is 5.32 Å². The molecular formula is C15H22N2O3S. The molecule has 2 rings (SSSR count). The van der Waals surface area contributed by atoms with Crippen molar-refractivity contribution in [2.24, 2.45) is 0 Å². The van der Waals surface area contributed by atoms with E-state index in [0.29, 0.717) is 0 Å². The third kappa shape index (κ3) is 4.28. The van der Waals surface area contributed by atoms with Crippen LogP contribution in [0.25, 0.3) is 0 Å². The molecular weight excluding hydrogens is 288 g/mol. The Morgan fingerprint density at radius 1 is 1.29 bits per heavy atom. The quantitative estimate of drug-likeness (QED) is 0.906. The minimum atomic E-state index is -3.37. The van der Waals surface area contributed by atoms with Crippen molar-refractivity contribution in [1.82, 2.24) is 4.31 Å². The molecule has 6 heteroatoms. The number of carbonyl (C=O) groups excluding carboxylic acids is 1. The van der Waals surface area contributed by atoms with E-state index < -0.39 is 10.0 Å². The summed E-state index contributed by atoms with van der Waals surface area (Å²) in [5.41, 5.74) is 1.68. The predicted octanol–water partition coefficient (Wildman–Crippen LogP) is 2.14. The van der Waals surface area contributed by atoms with Crippen molar-refractivity contribution >= 4 is 21.6 Å².